The zero-order valence-electron chi connectivity index (χ0n) is 15.2. The molecule has 3 heterocycles. The molecule has 0 radical (unpaired) electrons. The number of ether oxygens (including phenoxy) is 2. The van der Waals surface area contributed by atoms with Crippen LogP contribution in [0.5, 0.6) is 5.75 Å². The van der Waals surface area contributed by atoms with Crippen molar-refractivity contribution < 1.29 is 14.3 Å². The monoisotopic (exact) mass is 386 g/mol. The lowest BCUT2D eigenvalue weighted by molar-refractivity contribution is 0.0383. The maximum absolute atomic E-state index is 12.3. The molecule has 4 rings (SSSR count). The zero-order valence-corrected chi connectivity index (χ0v) is 16.0. The summed E-state index contributed by atoms with van der Waals surface area (Å²) >= 11 is 1.56. The Balaban J connectivity index is 1.38. The van der Waals surface area contributed by atoms with E-state index in [9.17, 15) is 4.79 Å². The normalized spacial score (nSPS) is 15.1. The third-order valence-electron chi connectivity index (χ3n) is 4.58. The number of carbonyl (C=O) groups excluding carboxylic acids is 1. The minimum atomic E-state index is -0.134. The first-order valence-corrected chi connectivity index (χ1v) is 9.76. The molecule has 1 fully saturated rings. The molecule has 1 saturated heterocycles. The lowest BCUT2D eigenvalue weighted by atomic mass is 10.2. The van der Waals surface area contributed by atoms with Crippen LogP contribution in [0.4, 0.5) is 0 Å². The highest BCUT2D eigenvalue weighted by atomic mass is 32.1. The SMILES string of the molecule is COc1ccc(-c2cn3cc(C(=O)NCCN4CCOCC4)nc3s2)cc1. The van der Waals surface area contributed by atoms with Gasteiger partial charge in [-0.25, -0.2) is 4.98 Å². The van der Waals surface area contributed by atoms with E-state index in [4.69, 9.17) is 9.47 Å². The van der Waals surface area contributed by atoms with Gasteiger partial charge in [-0.15, -0.1) is 0 Å². The highest BCUT2D eigenvalue weighted by Crippen LogP contribution is 2.29. The summed E-state index contributed by atoms with van der Waals surface area (Å²) in [6, 6.07) is 7.91. The molecule has 27 heavy (non-hydrogen) atoms. The van der Waals surface area contributed by atoms with Gasteiger partial charge in [0, 0.05) is 38.6 Å². The molecule has 0 bridgehead atoms. The standard InChI is InChI=1S/C19H22N4O3S/c1-25-15-4-2-14(3-5-15)17-13-23-12-16(21-19(23)27-17)18(24)20-6-7-22-8-10-26-11-9-22/h2-5,12-13H,6-11H2,1H3,(H,20,24). The fourth-order valence-corrected chi connectivity index (χ4v) is 4.01. The molecule has 1 aromatic carbocycles. The number of aromatic nitrogens is 2. The van der Waals surface area contributed by atoms with E-state index in [1.807, 2.05) is 34.9 Å². The number of nitrogens with one attached hydrogen (secondary N) is 1. The van der Waals surface area contributed by atoms with E-state index in [0.29, 0.717) is 12.2 Å². The predicted molar refractivity (Wildman–Crippen MR) is 105 cm³/mol. The number of hydrogen-bond acceptors (Lipinski definition) is 6. The molecule has 7 nitrogen and oxygen atoms in total. The Labute approximate surface area is 161 Å². The van der Waals surface area contributed by atoms with Gasteiger partial charge in [0.1, 0.15) is 11.4 Å². The van der Waals surface area contributed by atoms with E-state index in [-0.39, 0.29) is 5.91 Å². The Bertz CT molecular complexity index is 881. The van der Waals surface area contributed by atoms with Gasteiger partial charge < -0.3 is 14.8 Å². The van der Waals surface area contributed by atoms with Gasteiger partial charge in [-0.1, -0.05) is 11.3 Å². The molecular weight excluding hydrogens is 364 g/mol. The van der Waals surface area contributed by atoms with Gasteiger partial charge in [-0.05, 0) is 29.8 Å². The van der Waals surface area contributed by atoms with Crippen LogP contribution in [0.25, 0.3) is 15.4 Å². The number of amides is 1. The lowest BCUT2D eigenvalue weighted by Gasteiger charge is -2.26. The molecule has 0 spiro atoms. The highest BCUT2D eigenvalue weighted by molar-refractivity contribution is 7.20. The second-order valence-electron chi connectivity index (χ2n) is 6.35. The average molecular weight is 386 g/mol. The number of nitrogens with zero attached hydrogens (tertiary/aromatic N) is 3. The maximum atomic E-state index is 12.3. The fourth-order valence-electron chi connectivity index (χ4n) is 3.04. The quantitative estimate of drug-likeness (QED) is 0.703. The molecule has 1 aliphatic heterocycles. The van der Waals surface area contributed by atoms with Crippen LogP contribution in [0.2, 0.25) is 0 Å². The molecule has 142 valence electrons. The van der Waals surface area contributed by atoms with E-state index in [1.54, 1.807) is 24.6 Å². The van der Waals surface area contributed by atoms with E-state index in [1.165, 1.54) is 0 Å². The van der Waals surface area contributed by atoms with Crippen molar-refractivity contribution in [3.05, 3.63) is 42.4 Å². The topological polar surface area (TPSA) is 68.1 Å². The second kappa shape index (κ2) is 8.08. The number of fused-ring (bicyclic) bond motifs is 1. The van der Waals surface area contributed by atoms with E-state index in [0.717, 1.165) is 54.0 Å². The van der Waals surface area contributed by atoms with Gasteiger partial charge in [-0.2, -0.15) is 0 Å². The number of imidazole rings is 1. The molecule has 1 aliphatic rings. The van der Waals surface area contributed by atoms with Gasteiger partial charge in [-0.3, -0.25) is 14.1 Å². The summed E-state index contributed by atoms with van der Waals surface area (Å²) in [4.78, 5) is 21.0. The molecule has 2 aromatic heterocycles. The minimum absolute atomic E-state index is 0.134. The first-order valence-electron chi connectivity index (χ1n) is 8.94. The number of hydrogen-bond donors (Lipinski definition) is 1. The van der Waals surface area contributed by atoms with Crippen LogP contribution in [0.3, 0.4) is 0 Å². The van der Waals surface area contributed by atoms with Crippen LogP contribution >= 0.6 is 11.3 Å². The molecule has 1 N–H and O–H groups in total. The molecule has 0 saturated carbocycles. The predicted octanol–water partition coefficient (Wildman–Crippen LogP) is 2.13. The number of benzene rings is 1. The maximum Gasteiger partial charge on any atom is 0.271 e. The molecule has 3 aromatic rings. The molecule has 0 unspecified atom stereocenters. The third kappa shape index (κ3) is 4.13. The second-order valence-corrected chi connectivity index (χ2v) is 7.36. The van der Waals surface area contributed by atoms with E-state index < -0.39 is 0 Å². The Morgan fingerprint density at radius 1 is 1.26 bits per heavy atom. The number of thiazole rings is 1. The summed E-state index contributed by atoms with van der Waals surface area (Å²) in [5.74, 6) is 0.696. The van der Waals surface area contributed by atoms with Crippen LogP contribution < -0.4 is 10.1 Å². The number of methoxy groups -OCH3 is 1. The summed E-state index contributed by atoms with van der Waals surface area (Å²) in [6.07, 6.45) is 3.78. The van der Waals surface area contributed by atoms with Gasteiger partial charge >= 0.3 is 0 Å². The Morgan fingerprint density at radius 3 is 2.74 bits per heavy atom. The molecule has 1 amide bonds. The lowest BCUT2D eigenvalue weighted by Crippen LogP contribution is -2.41. The van der Waals surface area contributed by atoms with Crippen LogP contribution in [-0.4, -0.2) is 66.7 Å². The summed E-state index contributed by atoms with van der Waals surface area (Å²) < 4.78 is 12.4. The third-order valence-corrected chi connectivity index (χ3v) is 5.63. The zero-order chi connectivity index (χ0) is 18.6. The summed E-state index contributed by atoms with van der Waals surface area (Å²) in [5.41, 5.74) is 1.55. The first-order chi connectivity index (χ1) is 13.2. The summed E-state index contributed by atoms with van der Waals surface area (Å²) in [7, 11) is 1.65. The van der Waals surface area contributed by atoms with E-state index >= 15 is 0 Å². The van der Waals surface area contributed by atoms with Crippen molar-refractivity contribution in [3.63, 3.8) is 0 Å². The van der Waals surface area contributed by atoms with Crippen LogP contribution in [0.15, 0.2) is 36.7 Å². The largest absolute Gasteiger partial charge is 0.497 e. The van der Waals surface area contributed by atoms with Crippen molar-refractivity contribution in [2.24, 2.45) is 0 Å². The minimum Gasteiger partial charge on any atom is -0.497 e. The van der Waals surface area contributed by atoms with Crippen LogP contribution in [0.1, 0.15) is 10.5 Å². The van der Waals surface area contributed by atoms with Crippen molar-refractivity contribution in [2.45, 2.75) is 0 Å². The Kier molecular flexibility index (Phi) is 5.38. The average Bonchev–Trinajstić information content (AvgIpc) is 3.28. The summed E-state index contributed by atoms with van der Waals surface area (Å²) in [5, 5.41) is 2.95. The van der Waals surface area contributed by atoms with Crippen molar-refractivity contribution in [3.8, 4) is 16.2 Å². The number of rotatable bonds is 6. The highest BCUT2D eigenvalue weighted by Gasteiger charge is 2.15. The smallest absolute Gasteiger partial charge is 0.271 e. The Hall–Kier alpha value is -2.42. The van der Waals surface area contributed by atoms with Gasteiger partial charge in [0.2, 0.25) is 0 Å². The van der Waals surface area contributed by atoms with Crippen LogP contribution in [0, 0.1) is 0 Å². The van der Waals surface area contributed by atoms with Gasteiger partial charge in [0.25, 0.3) is 5.91 Å². The van der Waals surface area contributed by atoms with Crippen molar-refractivity contribution >= 4 is 22.2 Å². The number of carbonyl (C=O) groups is 1. The Morgan fingerprint density at radius 2 is 2.04 bits per heavy atom. The van der Waals surface area contributed by atoms with Crippen LogP contribution in [-0.2, 0) is 4.74 Å². The van der Waals surface area contributed by atoms with Gasteiger partial charge in [0.05, 0.1) is 25.2 Å². The molecular formula is C19H22N4O3S. The number of morpholine rings is 1. The van der Waals surface area contributed by atoms with E-state index in [2.05, 4.69) is 15.2 Å². The first kappa shape index (κ1) is 18.0. The molecule has 8 heteroatoms. The van der Waals surface area contributed by atoms with Crippen molar-refractivity contribution in [1.82, 2.24) is 19.6 Å². The van der Waals surface area contributed by atoms with Crippen molar-refractivity contribution in [2.75, 3.05) is 46.5 Å². The summed E-state index contributed by atoms with van der Waals surface area (Å²) in [6.45, 7) is 4.82. The fraction of sp³-hybridized carbons (Fsp3) is 0.368. The van der Waals surface area contributed by atoms with Gasteiger partial charge in [0.15, 0.2) is 4.96 Å². The van der Waals surface area contributed by atoms with Crippen molar-refractivity contribution in [1.29, 1.82) is 0 Å². The molecule has 0 aliphatic carbocycles. The molecule has 0 atom stereocenters.